The van der Waals surface area contributed by atoms with Crippen molar-refractivity contribution in [3.8, 4) is 0 Å². The lowest BCUT2D eigenvalue weighted by Gasteiger charge is -2.10. The summed E-state index contributed by atoms with van der Waals surface area (Å²) in [6.45, 7) is 3.56. The molecule has 0 spiro atoms. The highest BCUT2D eigenvalue weighted by molar-refractivity contribution is 5.98. The van der Waals surface area contributed by atoms with Gasteiger partial charge < -0.3 is 19.9 Å². The van der Waals surface area contributed by atoms with Gasteiger partial charge in [0.2, 0.25) is 0 Å². The zero-order valence-corrected chi connectivity index (χ0v) is 13.2. The second kappa shape index (κ2) is 8.57. The number of nitrogens with one attached hydrogen (secondary N) is 1. The Kier molecular flexibility index (Phi) is 6.79. The summed E-state index contributed by atoms with van der Waals surface area (Å²) in [7, 11) is 1.27. The molecule has 1 atom stereocenters. The van der Waals surface area contributed by atoms with Crippen LogP contribution in [-0.4, -0.2) is 36.2 Å². The number of carboxylic acid groups (broad SMARTS) is 1. The van der Waals surface area contributed by atoms with Gasteiger partial charge in [0.15, 0.2) is 0 Å². The molecule has 23 heavy (non-hydrogen) atoms. The van der Waals surface area contributed by atoms with E-state index in [1.165, 1.54) is 31.4 Å². The molecule has 0 heterocycles. The number of rotatable bonds is 7. The van der Waals surface area contributed by atoms with Gasteiger partial charge in [0.05, 0.1) is 24.9 Å². The second-order valence-electron chi connectivity index (χ2n) is 4.71. The van der Waals surface area contributed by atoms with Crippen molar-refractivity contribution < 1.29 is 29.0 Å². The average Bonchev–Trinajstić information content (AvgIpc) is 2.53. The van der Waals surface area contributed by atoms with Crippen LogP contribution in [0.3, 0.4) is 0 Å². The maximum atomic E-state index is 11.6. The molecule has 0 fully saturated rings. The summed E-state index contributed by atoms with van der Waals surface area (Å²) in [5.41, 5.74) is 0.404. The van der Waals surface area contributed by atoms with E-state index in [0.717, 1.165) is 6.08 Å². The number of methoxy groups -OCH3 is 1. The number of hydrogen-bond acceptors (Lipinski definition) is 6. The fraction of sp³-hybridized carbons (Fsp3) is 0.312. The molecule has 1 unspecified atom stereocenters. The number of aliphatic carboxylic acids is 1. The number of ether oxygens (including phenoxy) is 2. The van der Waals surface area contributed by atoms with Crippen molar-refractivity contribution in [2.24, 2.45) is 0 Å². The van der Waals surface area contributed by atoms with Crippen LogP contribution in [0.1, 0.15) is 30.6 Å². The lowest BCUT2D eigenvalue weighted by atomic mass is 10.2. The quantitative estimate of drug-likeness (QED) is 0.586. The third-order valence-electron chi connectivity index (χ3n) is 2.97. The standard InChI is InChI=1S/C16H19NO6/c1-4-10(2)23-14(18)9-13(15(19)20)17-12-7-5-11(6-8-12)16(21)22-3/h5-10,17H,4H2,1-3H3,(H,19,20). The van der Waals surface area contributed by atoms with Gasteiger partial charge in [-0.05, 0) is 37.6 Å². The summed E-state index contributed by atoms with van der Waals surface area (Å²) < 4.78 is 9.57. The molecule has 0 radical (unpaired) electrons. The molecule has 0 aliphatic carbocycles. The second-order valence-corrected chi connectivity index (χ2v) is 4.71. The topological polar surface area (TPSA) is 102 Å². The van der Waals surface area contributed by atoms with E-state index < -0.39 is 17.9 Å². The minimum absolute atomic E-state index is 0.298. The van der Waals surface area contributed by atoms with Gasteiger partial charge in [0.25, 0.3) is 0 Å². The fourth-order valence-electron chi connectivity index (χ4n) is 1.55. The molecule has 7 heteroatoms. The van der Waals surface area contributed by atoms with Crippen LogP contribution in [0.2, 0.25) is 0 Å². The first-order chi connectivity index (χ1) is 10.9. The van der Waals surface area contributed by atoms with E-state index in [4.69, 9.17) is 9.84 Å². The zero-order valence-electron chi connectivity index (χ0n) is 13.2. The lowest BCUT2D eigenvalue weighted by molar-refractivity contribution is -0.143. The van der Waals surface area contributed by atoms with E-state index in [1.54, 1.807) is 6.92 Å². The predicted octanol–water partition coefficient (Wildman–Crippen LogP) is 2.20. The molecule has 0 aliphatic heterocycles. The Morgan fingerprint density at radius 2 is 1.87 bits per heavy atom. The zero-order chi connectivity index (χ0) is 17.4. The molecule has 2 N–H and O–H groups in total. The van der Waals surface area contributed by atoms with E-state index in [9.17, 15) is 14.4 Å². The molecule has 1 rings (SSSR count). The number of hydrogen-bond donors (Lipinski definition) is 2. The van der Waals surface area contributed by atoms with Crippen molar-refractivity contribution in [2.75, 3.05) is 12.4 Å². The first-order valence-corrected chi connectivity index (χ1v) is 6.98. The summed E-state index contributed by atoms with van der Waals surface area (Å²) >= 11 is 0. The van der Waals surface area contributed by atoms with E-state index >= 15 is 0 Å². The van der Waals surface area contributed by atoms with E-state index in [2.05, 4.69) is 10.1 Å². The first-order valence-electron chi connectivity index (χ1n) is 6.98. The fourth-order valence-corrected chi connectivity index (χ4v) is 1.55. The Labute approximate surface area is 133 Å². The highest BCUT2D eigenvalue weighted by Crippen LogP contribution is 2.13. The molecular formula is C16H19NO6. The number of benzene rings is 1. The van der Waals surface area contributed by atoms with Gasteiger partial charge in [-0.2, -0.15) is 0 Å². The van der Waals surface area contributed by atoms with E-state index in [-0.39, 0.29) is 11.8 Å². The molecule has 0 aliphatic rings. The molecule has 1 aromatic rings. The molecular weight excluding hydrogens is 302 g/mol. The molecule has 0 saturated carbocycles. The Hall–Kier alpha value is -2.83. The van der Waals surface area contributed by atoms with Crippen LogP contribution in [0.4, 0.5) is 5.69 Å². The molecule has 1 aromatic carbocycles. The maximum Gasteiger partial charge on any atom is 0.352 e. The van der Waals surface area contributed by atoms with Crippen molar-refractivity contribution in [2.45, 2.75) is 26.4 Å². The van der Waals surface area contributed by atoms with Crippen LogP contribution in [0, 0.1) is 0 Å². The van der Waals surface area contributed by atoms with Crippen molar-refractivity contribution >= 4 is 23.6 Å². The number of esters is 2. The van der Waals surface area contributed by atoms with Crippen LogP contribution in [-0.2, 0) is 19.1 Å². The highest BCUT2D eigenvalue weighted by atomic mass is 16.5. The Balaban J connectivity index is 2.86. The first kappa shape index (κ1) is 18.2. The number of carbonyl (C=O) groups excluding carboxylic acids is 2. The number of carbonyl (C=O) groups is 3. The van der Waals surface area contributed by atoms with E-state index in [0.29, 0.717) is 17.7 Å². The molecule has 0 saturated heterocycles. The van der Waals surface area contributed by atoms with Crippen LogP contribution in [0.5, 0.6) is 0 Å². The minimum Gasteiger partial charge on any atom is -0.477 e. The molecule has 0 amide bonds. The molecule has 124 valence electrons. The maximum absolute atomic E-state index is 11.6. The summed E-state index contributed by atoms with van der Waals surface area (Å²) in [5.74, 6) is -2.54. The van der Waals surface area contributed by atoms with Gasteiger partial charge in [-0.1, -0.05) is 6.92 Å². The van der Waals surface area contributed by atoms with Crippen molar-refractivity contribution in [1.29, 1.82) is 0 Å². The molecule has 0 aromatic heterocycles. The Morgan fingerprint density at radius 1 is 1.26 bits per heavy atom. The van der Waals surface area contributed by atoms with E-state index in [1.807, 2.05) is 6.92 Å². The van der Waals surface area contributed by atoms with Crippen LogP contribution in [0.15, 0.2) is 36.0 Å². The van der Waals surface area contributed by atoms with Crippen molar-refractivity contribution in [3.63, 3.8) is 0 Å². The monoisotopic (exact) mass is 321 g/mol. The number of anilines is 1. The van der Waals surface area contributed by atoms with Gasteiger partial charge in [0.1, 0.15) is 5.70 Å². The third-order valence-corrected chi connectivity index (χ3v) is 2.97. The predicted molar refractivity (Wildman–Crippen MR) is 83.0 cm³/mol. The smallest absolute Gasteiger partial charge is 0.352 e. The Morgan fingerprint density at radius 3 is 2.35 bits per heavy atom. The van der Waals surface area contributed by atoms with Crippen molar-refractivity contribution in [1.82, 2.24) is 0 Å². The van der Waals surface area contributed by atoms with Crippen molar-refractivity contribution in [3.05, 3.63) is 41.6 Å². The van der Waals surface area contributed by atoms with Gasteiger partial charge in [-0.25, -0.2) is 14.4 Å². The summed E-state index contributed by atoms with van der Waals surface area (Å²) in [6, 6.07) is 5.96. The van der Waals surface area contributed by atoms with Gasteiger partial charge in [0, 0.05) is 5.69 Å². The SMILES string of the molecule is CCC(C)OC(=O)C=C(Nc1ccc(C(=O)OC)cc1)C(=O)O. The summed E-state index contributed by atoms with van der Waals surface area (Å²) in [4.78, 5) is 34.2. The van der Waals surface area contributed by atoms with Crippen LogP contribution in [0.25, 0.3) is 0 Å². The van der Waals surface area contributed by atoms with Crippen LogP contribution < -0.4 is 5.32 Å². The molecule has 7 nitrogen and oxygen atoms in total. The largest absolute Gasteiger partial charge is 0.477 e. The Bertz CT molecular complexity index is 606. The average molecular weight is 321 g/mol. The highest BCUT2D eigenvalue weighted by Gasteiger charge is 2.13. The normalized spacial score (nSPS) is 12.2. The van der Waals surface area contributed by atoms with Gasteiger partial charge in [-0.15, -0.1) is 0 Å². The lowest BCUT2D eigenvalue weighted by Crippen LogP contribution is -2.17. The van der Waals surface area contributed by atoms with Gasteiger partial charge in [-0.3, -0.25) is 0 Å². The third kappa shape index (κ3) is 5.82. The summed E-state index contributed by atoms with van der Waals surface area (Å²) in [5, 5.41) is 11.7. The van der Waals surface area contributed by atoms with Gasteiger partial charge >= 0.3 is 17.9 Å². The number of carboxylic acids is 1. The minimum atomic E-state index is -1.30. The molecule has 0 bridgehead atoms. The summed E-state index contributed by atoms with van der Waals surface area (Å²) in [6.07, 6.45) is 1.21. The van der Waals surface area contributed by atoms with Crippen LogP contribution >= 0.6 is 0 Å².